The topological polar surface area (TPSA) is 52.2 Å². The van der Waals surface area contributed by atoms with Crippen molar-refractivity contribution in [1.82, 2.24) is 0 Å². The number of nitrogens with one attached hydrogen (secondary N) is 1. The van der Waals surface area contributed by atoms with E-state index >= 15 is 0 Å². The van der Waals surface area contributed by atoms with Crippen molar-refractivity contribution in [2.75, 3.05) is 11.9 Å². The van der Waals surface area contributed by atoms with Gasteiger partial charge >= 0.3 is 0 Å². The van der Waals surface area contributed by atoms with Crippen molar-refractivity contribution >= 4 is 17.7 Å². The summed E-state index contributed by atoms with van der Waals surface area (Å²) in [6.07, 6.45) is 1.60. The van der Waals surface area contributed by atoms with Gasteiger partial charge in [-0.2, -0.15) is 0 Å². The lowest BCUT2D eigenvalue weighted by molar-refractivity contribution is -0.299. The number of anilines is 1. The molecule has 80 valence electrons. The quantitative estimate of drug-likeness (QED) is 0.751. The summed E-state index contributed by atoms with van der Waals surface area (Å²) in [6.45, 7) is 4.32. The minimum atomic E-state index is -1.14. The molecule has 0 saturated heterocycles. The fourth-order valence-electron chi connectivity index (χ4n) is 1.27. The number of aliphatic carboxylic acids is 1. The summed E-state index contributed by atoms with van der Waals surface area (Å²) in [5.41, 5.74) is 2.02. The number of para-hydroxylation sites is 1. The summed E-state index contributed by atoms with van der Waals surface area (Å²) < 4.78 is 0. The highest BCUT2D eigenvalue weighted by Crippen LogP contribution is 2.17. The van der Waals surface area contributed by atoms with Crippen LogP contribution in [0.15, 0.2) is 29.8 Å². The van der Waals surface area contributed by atoms with E-state index in [0.29, 0.717) is 0 Å². The third-order valence-electron chi connectivity index (χ3n) is 2.02. The Kier molecular flexibility index (Phi) is 3.92. The van der Waals surface area contributed by atoms with Crippen molar-refractivity contribution in [1.29, 1.82) is 0 Å². The number of carboxylic acids is 1. The second kappa shape index (κ2) is 5.20. The predicted molar refractivity (Wildman–Crippen MR) is 59.3 cm³/mol. The maximum Gasteiger partial charge on any atom is 0.0672 e. The summed E-state index contributed by atoms with van der Waals surface area (Å²) >= 11 is 0. The molecule has 1 N–H and O–H groups in total. The molecule has 0 fully saturated rings. The molecule has 0 saturated carbocycles. The van der Waals surface area contributed by atoms with E-state index in [1.54, 1.807) is 6.08 Å². The van der Waals surface area contributed by atoms with Crippen molar-refractivity contribution < 1.29 is 9.90 Å². The largest absolute Gasteiger partial charge is 0.545 e. The van der Waals surface area contributed by atoms with Crippen LogP contribution in [0.2, 0.25) is 0 Å². The Labute approximate surface area is 89.4 Å². The van der Waals surface area contributed by atoms with Crippen LogP contribution in [0.4, 0.5) is 5.69 Å². The molecule has 1 rings (SSSR count). The van der Waals surface area contributed by atoms with Gasteiger partial charge in [-0.1, -0.05) is 18.2 Å². The Morgan fingerprint density at radius 2 is 2.13 bits per heavy atom. The molecule has 0 atom stereocenters. The summed E-state index contributed by atoms with van der Waals surface area (Å²) in [5.74, 6) is -1.14. The van der Waals surface area contributed by atoms with E-state index < -0.39 is 5.97 Å². The van der Waals surface area contributed by atoms with Crippen LogP contribution < -0.4 is 10.4 Å². The smallest absolute Gasteiger partial charge is 0.0672 e. The number of carbonyl (C=O) groups excluding carboxylic acids is 1. The Morgan fingerprint density at radius 3 is 2.73 bits per heavy atom. The fourth-order valence-corrected chi connectivity index (χ4v) is 1.27. The molecule has 3 nitrogen and oxygen atoms in total. The van der Waals surface area contributed by atoms with Crippen molar-refractivity contribution in [2.45, 2.75) is 13.8 Å². The standard InChI is InChI=1S/C12H15NO2/c1-3-13-11-7-5-4-6-10(11)8-9(2)12(14)15/h4-8,13H,3H2,1-2H3,(H,14,15)/p-1/b9-8+. The van der Waals surface area contributed by atoms with Crippen molar-refractivity contribution in [3.8, 4) is 0 Å². The third-order valence-corrected chi connectivity index (χ3v) is 2.02. The molecule has 0 spiro atoms. The first-order chi connectivity index (χ1) is 7.15. The van der Waals surface area contributed by atoms with Gasteiger partial charge in [0, 0.05) is 12.2 Å². The van der Waals surface area contributed by atoms with E-state index in [4.69, 9.17) is 0 Å². The Hall–Kier alpha value is -1.77. The number of carbonyl (C=O) groups is 1. The highest BCUT2D eigenvalue weighted by Gasteiger charge is 1.98. The van der Waals surface area contributed by atoms with Gasteiger partial charge in [0.15, 0.2) is 0 Å². The zero-order valence-electron chi connectivity index (χ0n) is 8.91. The third kappa shape index (κ3) is 3.13. The summed E-state index contributed by atoms with van der Waals surface area (Å²) in [5, 5.41) is 13.7. The van der Waals surface area contributed by atoms with Gasteiger partial charge in [-0.25, -0.2) is 0 Å². The number of hydrogen-bond donors (Lipinski definition) is 1. The Morgan fingerprint density at radius 1 is 1.47 bits per heavy atom. The van der Waals surface area contributed by atoms with Crippen LogP contribution in [0, 0.1) is 0 Å². The van der Waals surface area contributed by atoms with Gasteiger partial charge in [0.05, 0.1) is 5.97 Å². The molecule has 1 aromatic carbocycles. The molecule has 0 aromatic heterocycles. The average Bonchev–Trinajstić information content (AvgIpc) is 2.21. The lowest BCUT2D eigenvalue weighted by Gasteiger charge is -2.08. The molecule has 0 heterocycles. The maximum atomic E-state index is 10.6. The van der Waals surface area contributed by atoms with Crippen molar-refractivity contribution in [3.05, 3.63) is 35.4 Å². The number of benzene rings is 1. The van der Waals surface area contributed by atoms with Gasteiger partial charge in [0.1, 0.15) is 0 Å². The molecule has 0 aliphatic carbocycles. The minimum Gasteiger partial charge on any atom is -0.545 e. The van der Waals surface area contributed by atoms with E-state index in [1.807, 2.05) is 31.2 Å². The minimum absolute atomic E-state index is 0.223. The zero-order valence-corrected chi connectivity index (χ0v) is 8.91. The lowest BCUT2D eigenvalue weighted by atomic mass is 10.1. The van der Waals surface area contributed by atoms with Crippen LogP contribution in [0.5, 0.6) is 0 Å². The molecule has 0 aliphatic heterocycles. The Bertz CT molecular complexity index is 383. The van der Waals surface area contributed by atoms with Crippen LogP contribution in [0.1, 0.15) is 19.4 Å². The molecular weight excluding hydrogens is 190 g/mol. The van der Waals surface area contributed by atoms with Gasteiger partial charge in [-0.05, 0) is 37.1 Å². The number of carboxylic acid groups (broad SMARTS) is 1. The second-order valence-corrected chi connectivity index (χ2v) is 3.23. The van der Waals surface area contributed by atoms with Gasteiger partial charge in [0.25, 0.3) is 0 Å². The van der Waals surface area contributed by atoms with Crippen molar-refractivity contribution in [2.24, 2.45) is 0 Å². The van der Waals surface area contributed by atoms with E-state index in [1.165, 1.54) is 6.92 Å². The molecule has 0 radical (unpaired) electrons. The number of rotatable bonds is 4. The fraction of sp³-hybridized carbons (Fsp3) is 0.250. The van der Waals surface area contributed by atoms with Crippen LogP contribution in [-0.4, -0.2) is 12.5 Å². The van der Waals surface area contributed by atoms with E-state index in [0.717, 1.165) is 17.8 Å². The van der Waals surface area contributed by atoms with E-state index in [9.17, 15) is 9.90 Å². The van der Waals surface area contributed by atoms with E-state index in [2.05, 4.69) is 5.32 Å². The van der Waals surface area contributed by atoms with Gasteiger partial charge < -0.3 is 15.2 Å². The Balaban J connectivity index is 3.03. The van der Waals surface area contributed by atoms with Crippen LogP contribution in [0.3, 0.4) is 0 Å². The SMILES string of the molecule is CCNc1ccccc1/C=C(\C)C(=O)[O-]. The normalized spacial score (nSPS) is 11.2. The second-order valence-electron chi connectivity index (χ2n) is 3.23. The first-order valence-corrected chi connectivity index (χ1v) is 4.87. The molecule has 0 amide bonds. The first kappa shape index (κ1) is 11.3. The predicted octanol–water partition coefficient (Wildman–Crippen LogP) is 1.27. The highest BCUT2D eigenvalue weighted by molar-refractivity contribution is 5.91. The van der Waals surface area contributed by atoms with Crippen LogP contribution in [-0.2, 0) is 4.79 Å². The summed E-state index contributed by atoms with van der Waals surface area (Å²) in [6, 6.07) is 7.56. The van der Waals surface area contributed by atoms with E-state index in [-0.39, 0.29) is 5.57 Å². The summed E-state index contributed by atoms with van der Waals surface area (Å²) in [4.78, 5) is 10.6. The van der Waals surface area contributed by atoms with Gasteiger partial charge in [-0.3, -0.25) is 0 Å². The molecule has 1 aromatic rings. The molecule has 0 unspecified atom stereocenters. The van der Waals surface area contributed by atoms with Gasteiger partial charge in [-0.15, -0.1) is 0 Å². The molecule has 3 heteroatoms. The lowest BCUT2D eigenvalue weighted by Crippen LogP contribution is -2.22. The zero-order chi connectivity index (χ0) is 11.3. The first-order valence-electron chi connectivity index (χ1n) is 4.87. The average molecular weight is 204 g/mol. The molecule has 0 aliphatic rings. The van der Waals surface area contributed by atoms with Crippen LogP contribution >= 0.6 is 0 Å². The molecule has 0 bridgehead atoms. The van der Waals surface area contributed by atoms with Crippen LogP contribution in [0.25, 0.3) is 6.08 Å². The highest BCUT2D eigenvalue weighted by atomic mass is 16.4. The number of hydrogen-bond acceptors (Lipinski definition) is 3. The molecular formula is C12H14NO2-. The monoisotopic (exact) mass is 204 g/mol. The van der Waals surface area contributed by atoms with Crippen molar-refractivity contribution in [3.63, 3.8) is 0 Å². The maximum absolute atomic E-state index is 10.6. The molecule has 15 heavy (non-hydrogen) atoms. The van der Waals surface area contributed by atoms with Gasteiger partial charge in [0.2, 0.25) is 0 Å². The summed E-state index contributed by atoms with van der Waals surface area (Å²) in [7, 11) is 0.